The second-order valence-electron chi connectivity index (χ2n) is 5.95. The van der Waals surface area contributed by atoms with Crippen molar-refractivity contribution in [3.8, 4) is 0 Å². The first-order valence-electron chi connectivity index (χ1n) is 7.44. The maximum absolute atomic E-state index is 6.01. The van der Waals surface area contributed by atoms with E-state index in [1.807, 2.05) is 0 Å². The molecular formula is C16H25ClN2. The summed E-state index contributed by atoms with van der Waals surface area (Å²) in [5.74, 6) is 3.27. The lowest BCUT2D eigenvalue weighted by Gasteiger charge is -2.20. The van der Waals surface area contributed by atoms with Crippen molar-refractivity contribution in [3.63, 3.8) is 0 Å². The molecule has 0 N–H and O–H groups in total. The van der Waals surface area contributed by atoms with Crippen LogP contribution in [0.15, 0.2) is 12.1 Å². The Bertz CT molecular complexity index is 417. The Kier molecular flexibility index (Phi) is 5.09. The van der Waals surface area contributed by atoms with Crippen molar-refractivity contribution >= 4 is 17.4 Å². The molecule has 1 saturated heterocycles. The molecule has 3 heteroatoms. The molecule has 1 aromatic rings. The van der Waals surface area contributed by atoms with Crippen molar-refractivity contribution in [1.82, 2.24) is 4.98 Å². The number of aryl methyl sites for hydroxylation is 1. The lowest BCUT2D eigenvalue weighted by molar-refractivity contribution is 0.422. The van der Waals surface area contributed by atoms with Gasteiger partial charge in [0.05, 0.1) is 0 Å². The molecule has 0 aromatic carbocycles. The molecule has 1 aliphatic rings. The largest absolute Gasteiger partial charge is 0.356 e. The van der Waals surface area contributed by atoms with Gasteiger partial charge in [0.15, 0.2) is 0 Å². The van der Waals surface area contributed by atoms with E-state index in [0.717, 1.165) is 43.6 Å². The standard InChI is InChI=1S/C16H25ClN2/c1-4-5-15-8-13(10-17)9-16(18-15)19-7-6-14(11-19)12(2)3/h8-9,12,14H,4-7,10-11H2,1-3H3. The molecule has 2 nitrogen and oxygen atoms in total. The normalized spacial score (nSPS) is 19.4. The number of aromatic nitrogens is 1. The summed E-state index contributed by atoms with van der Waals surface area (Å²) in [6.07, 6.45) is 3.46. The van der Waals surface area contributed by atoms with Gasteiger partial charge in [0.1, 0.15) is 5.82 Å². The molecule has 19 heavy (non-hydrogen) atoms. The predicted molar refractivity (Wildman–Crippen MR) is 82.9 cm³/mol. The SMILES string of the molecule is CCCc1cc(CCl)cc(N2CCC(C(C)C)C2)n1. The molecule has 0 bridgehead atoms. The van der Waals surface area contributed by atoms with E-state index >= 15 is 0 Å². The lowest BCUT2D eigenvalue weighted by Crippen LogP contribution is -2.22. The van der Waals surface area contributed by atoms with Crippen LogP contribution >= 0.6 is 11.6 Å². The predicted octanol–water partition coefficient (Wildman–Crippen LogP) is 4.26. The number of nitrogens with zero attached hydrogens (tertiary/aromatic N) is 2. The average molecular weight is 281 g/mol. The van der Waals surface area contributed by atoms with E-state index in [-0.39, 0.29) is 0 Å². The van der Waals surface area contributed by atoms with Gasteiger partial charge in [-0.2, -0.15) is 0 Å². The minimum atomic E-state index is 0.577. The summed E-state index contributed by atoms with van der Waals surface area (Å²) in [5, 5.41) is 0. The van der Waals surface area contributed by atoms with Crippen molar-refractivity contribution in [3.05, 3.63) is 23.4 Å². The van der Waals surface area contributed by atoms with Crippen LogP contribution in [0.1, 0.15) is 44.9 Å². The Hall–Kier alpha value is -0.760. The van der Waals surface area contributed by atoms with Gasteiger partial charge < -0.3 is 4.90 Å². The highest BCUT2D eigenvalue weighted by molar-refractivity contribution is 6.17. The van der Waals surface area contributed by atoms with Crippen molar-refractivity contribution in [2.45, 2.75) is 45.9 Å². The number of halogens is 1. The molecule has 1 fully saturated rings. The van der Waals surface area contributed by atoms with Gasteiger partial charge in [0.25, 0.3) is 0 Å². The van der Waals surface area contributed by atoms with Gasteiger partial charge in [-0.3, -0.25) is 0 Å². The number of hydrogen-bond acceptors (Lipinski definition) is 2. The molecule has 1 aromatic heterocycles. The van der Waals surface area contributed by atoms with Crippen molar-refractivity contribution in [1.29, 1.82) is 0 Å². The van der Waals surface area contributed by atoms with Crippen molar-refractivity contribution in [2.24, 2.45) is 11.8 Å². The number of rotatable bonds is 5. The molecular weight excluding hydrogens is 256 g/mol. The van der Waals surface area contributed by atoms with Crippen LogP contribution in [0.25, 0.3) is 0 Å². The number of alkyl halides is 1. The first-order chi connectivity index (χ1) is 9.13. The van der Waals surface area contributed by atoms with Crippen LogP contribution in [0, 0.1) is 11.8 Å². The van der Waals surface area contributed by atoms with Gasteiger partial charge in [-0.1, -0.05) is 27.2 Å². The fourth-order valence-corrected chi connectivity index (χ4v) is 2.95. The van der Waals surface area contributed by atoms with Crippen LogP contribution < -0.4 is 4.90 Å². The van der Waals surface area contributed by atoms with E-state index in [4.69, 9.17) is 16.6 Å². The number of anilines is 1. The zero-order valence-corrected chi connectivity index (χ0v) is 13.1. The van der Waals surface area contributed by atoms with E-state index in [0.29, 0.717) is 5.88 Å². The quantitative estimate of drug-likeness (QED) is 0.750. The molecule has 106 valence electrons. The van der Waals surface area contributed by atoms with E-state index in [1.165, 1.54) is 17.7 Å². The molecule has 0 saturated carbocycles. The molecule has 2 rings (SSSR count). The Balaban J connectivity index is 2.17. The summed E-state index contributed by atoms with van der Waals surface area (Å²) in [6, 6.07) is 4.31. The van der Waals surface area contributed by atoms with Crippen LogP contribution in [0.2, 0.25) is 0 Å². The minimum Gasteiger partial charge on any atom is -0.356 e. The van der Waals surface area contributed by atoms with Crippen LogP contribution in [0.3, 0.4) is 0 Å². The minimum absolute atomic E-state index is 0.577. The number of pyridine rings is 1. The summed E-state index contributed by atoms with van der Waals surface area (Å²) < 4.78 is 0. The molecule has 0 spiro atoms. The first-order valence-corrected chi connectivity index (χ1v) is 7.98. The second-order valence-corrected chi connectivity index (χ2v) is 6.21. The van der Waals surface area contributed by atoms with Gasteiger partial charge in [-0.25, -0.2) is 4.98 Å². The highest BCUT2D eigenvalue weighted by Gasteiger charge is 2.25. The summed E-state index contributed by atoms with van der Waals surface area (Å²) >= 11 is 6.01. The fourth-order valence-electron chi connectivity index (χ4n) is 2.80. The van der Waals surface area contributed by atoms with E-state index in [9.17, 15) is 0 Å². The zero-order chi connectivity index (χ0) is 13.8. The lowest BCUT2D eigenvalue weighted by atomic mass is 9.95. The third-order valence-corrected chi connectivity index (χ3v) is 4.39. The van der Waals surface area contributed by atoms with Crippen molar-refractivity contribution in [2.75, 3.05) is 18.0 Å². The highest BCUT2D eigenvalue weighted by atomic mass is 35.5. The molecule has 1 aliphatic heterocycles. The van der Waals surface area contributed by atoms with Gasteiger partial charge in [0, 0.05) is 24.7 Å². The maximum Gasteiger partial charge on any atom is 0.129 e. The van der Waals surface area contributed by atoms with E-state index in [1.54, 1.807) is 0 Å². The zero-order valence-electron chi connectivity index (χ0n) is 12.3. The Morgan fingerprint density at radius 2 is 2.21 bits per heavy atom. The van der Waals surface area contributed by atoms with Crippen molar-refractivity contribution < 1.29 is 0 Å². The Labute approximate surface area is 122 Å². The average Bonchev–Trinajstić information content (AvgIpc) is 2.88. The van der Waals surface area contributed by atoms with E-state index < -0.39 is 0 Å². The molecule has 1 atom stereocenters. The molecule has 0 amide bonds. The topological polar surface area (TPSA) is 16.1 Å². The number of hydrogen-bond donors (Lipinski definition) is 0. The fraction of sp³-hybridized carbons (Fsp3) is 0.688. The monoisotopic (exact) mass is 280 g/mol. The van der Waals surface area contributed by atoms with Crippen LogP contribution in [0.4, 0.5) is 5.82 Å². The van der Waals surface area contributed by atoms with Crippen LogP contribution in [0.5, 0.6) is 0 Å². The van der Waals surface area contributed by atoms with Crippen LogP contribution in [-0.2, 0) is 12.3 Å². The summed E-state index contributed by atoms with van der Waals surface area (Å²) in [5.41, 5.74) is 2.38. The van der Waals surface area contributed by atoms with Gasteiger partial charge in [-0.15, -0.1) is 11.6 Å². The van der Waals surface area contributed by atoms with E-state index in [2.05, 4.69) is 37.8 Å². The van der Waals surface area contributed by atoms with Gasteiger partial charge in [0.2, 0.25) is 0 Å². The Morgan fingerprint density at radius 3 is 2.79 bits per heavy atom. The second kappa shape index (κ2) is 6.60. The first kappa shape index (κ1) is 14.6. The maximum atomic E-state index is 6.01. The Morgan fingerprint density at radius 1 is 1.42 bits per heavy atom. The third-order valence-electron chi connectivity index (χ3n) is 4.08. The third kappa shape index (κ3) is 3.62. The highest BCUT2D eigenvalue weighted by Crippen LogP contribution is 2.28. The summed E-state index contributed by atoms with van der Waals surface area (Å²) in [6.45, 7) is 9.10. The molecule has 0 aliphatic carbocycles. The van der Waals surface area contributed by atoms with Crippen LogP contribution in [-0.4, -0.2) is 18.1 Å². The van der Waals surface area contributed by atoms with Gasteiger partial charge in [-0.05, 0) is 42.4 Å². The molecule has 1 unspecified atom stereocenters. The summed E-state index contributed by atoms with van der Waals surface area (Å²) in [7, 11) is 0. The van der Waals surface area contributed by atoms with Gasteiger partial charge >= 0.3 is 0 Å². The molecule has 0 radical (unpaired) electrons. The molecule has 2 heterocycles. The summed E-state index contributed by atoms with van der Waals surface area (Å²) in [4.78, 5) is 7.24. The smallest absolute Gasteiger partial charge is 0.129 e.